The summed E-state index contributed by atoms with van der Waals surface area (Å²) in [6.07, 6.45) is -1.16. The highest BCUT2D eigenvalue weighted by Gasteiger charge is 2.10. The molecule has 0 radical (unpaired) electrons. The molecular formula is C10H13FO3. The highest BCUT2D eigenvalue weighted by Crippen LogP contribution is 2.29. The van der Waals surface area contributed by atoms with E-state index in [4.69, 9.17) is 4.74 Å². The summed E-state index contributed by atoms with van der Waals surface area (Å²) in [5.41, 5.74) is 0.397. The predicted octanol–water partition coefficient (Wildman–Crippen LogP) is 1.79. The number of rotatable bonds is 4. The zero-order valence-corrected chi connectivity index (χ0v) is 7.90. The molecule has 0 aliphatic carbocycles. The molecule has 4 heteroatoms. The third kappa shape index (κ3) is 2.35. The van der Waals surface area contributed by atoms with Crippen molar-refractivity contribution in [1.82, 2.24) is 0 Å². The smallest absolute Gasteiger partial charge is 0.161 e. The second kappa shape index (κ2) is 4.81. The van der Waals surface area contributed by atoms with Crippen LogP contribution < -0.4 is 4.74 Å². The molecule has 3 nitrogen and oxygen atoms in total. The van der Waals surface area contributed by atoms with E-state index in [2.05, 4.69) is 0 Å². The number of hydrogen-bond donors (Lipinski definition) is 2. The maximum atomic E-state index is 12.1. The average Bonchev–Trinajstić information content (AvgIpc) is 2.20. The molecule has 0 bridgehead atoms. The van der Waals surface area contributed by atoms with Crippen LogP contribution in [-0.4, -0.2) is 23.5 Å². The fourth-order valence-corrected chi connectivity index (χ4v) is 1.10. The highest BCUT2D eigenvalue weighted by atomic mass is 19.1. The highest BCUT2D eigenvalue weighted by molar-refractivity contribution is 5.42. The zero-order valence-electron chi connectivity index (χ0n) is 7.90. The van der Waals surface area contributed by atoms with E-state index < -0.39 is 12.8 Å². The lowest BCUT2D eigenvalue weighted by Gasteiger charge is -2.10. The van der Waals surface area contributed by atoms with Crippen LogP contribution in [-0.2, 0) is 0 Å². The number of phenols is 1. The van der Waals surface area contributed by atoms with Crippen LogP contribution in [0.15, 0.2) is 18.2 Å². The summed E-state index contributed by atoms with van der Waals surface area (Å²) in [4.78, 5) is 0. The molecule has 0 spiro atoms. The van der Waals surface area contributed by atoms with Crippen LogP contribution in [0.1, 0.15) is 18.6 Å². The van der Waals surface area contributed by atoms with Crippen molar-refractivity contribution >= 4 is 0 Å². The van der Waals surface area contributed by atoms with Gasteiger partial charge < -0.3 is 14.9 Å². The largest absolute Gasteiger partial charge is 0.504 e. The van der Waals surface area contributed by atoms with Gasteiger partial charge in [-0.2, -0.15) is 0 Å². The van der Waals surface area contributed by atoms with Crippen LogP contribution in [0.25, 0.3) is 0 Å². The molecule has 1 rings (SSSR count). The molecule has 1 aromatic rings. The number of aromatic hydroxyl groups is 1. The first-order chi connectivity index (χ1) is 6.69. The maximum Gasteiger partial charge on any atom is 0.161 e. The molecule has 0 amide bonds. The molecule has 0 saturated heterocycles. The Morgan fingerprint density at radius 1 is 1.50 bits per heavy atom. The first-order valence-electron chi connectivity index (χ1n) is 4.38. The number of benzene rings is 1. The molecule has 1 unspecified atom stereocenters. The van der Waals surface area contributed by atoms with Crippen molar-refractivity contribution < 1.29 is 19.3 Å². The van der Waals surface area contributed by atoms with E-state index in [9.17, 15) is 14.6 Å². The average molecular weight is 200 g/mol. The number of hydrogen-bond acceptors (Lipinski definition) is 3. The van der Waals surface area contributed by atoms with Gasteiger partial charge in [0.05, 0.1) is 6.61 Å². The van der Waals surface area contributed by atoms with Gasteiger partial charge in [0, 0.05) is 0 Å². The Bertz CT molecular complexity index is 301. The predicted molar refractivity (Wildman–Crippen MR) is 50.2 cm³/mol. The van der Waals surface area contributed by atoms with E-state index in [1.54, 1.807) is 6.92 Å². The summed E-state index contributed by atoms with van der Waals surface area (Å²) in [5.74, 6) is 0.249. The van der Waals surface area contributed by atoms with Crippen molar-refractivity contribution in [2.75, 3.05) is 13.3 Å². The lowest BCUT2D eigenvalue weighted by Crippen LogP contribution is -2.00. The fraction of sp³-hybridized carbons (Fsp3) is 0.400. The quantitative estimate of drug-likeness (QED) is 0.779. The number of aliphatic hydroxyl groups is 1. The summed E-state index contributed by atoms with van der Waals surface area (Å²) >= 11 is 0. The third-order valence-corrected chi connectivity index (χ3v) is 1.81. The van der Waals surface area contributed by atoms with Crippen LogP contribution in [0.5, 0.6) is 11.5 Å². The standard InChI is InChI=1S/C10H13FO3/c1-2-14-10-5-7(9(13)6-11)3-4-8(10)12/h3-5,9,12-13H,2,6H2,1H3. The third-order valence-electron chi connectivity index (χ3n) is 1.81. The normalized spacial score (nSPS) is 12.5. The molecule has 0 aliphatic rings. The molecule has 0 aliphatic heterocycles. The van der Waals surface area contributed by atoms with Crippen molar-refractivity contribution in [2.45, 2.75) is 13.0 Å². The molecule has 0 saturated carbocycles. The number of halogens is 1. The maximum absolute atomic E-state index is 12.1. The Hall–Kier alpha value is -1.29. The first-order valence-corrected chi connectivity index (χ1v) is 4.38. The topological polar surface area (TPSA) is 49.7 Å². The van der Waals surface area contributed by atoms with Gasteiger partial charge in [-0.3, -0.25) is 0 Å². The Morgan fingerprint density at radius 3 is 2.79 bits per heavy atom. The van der Waals surface area contributed by atoms with Gasteiger partial charge in [0.25, 0.3) is 0 Å². The monoisotopic (exact) mass is 200 g/mol. The van der Waals surface area contributed by atoms with Crippen molar-refractivity contribution in [3.05, 3.63) is 23.8 Å². The lowest BCUT2D eigenvalue weighted by atomic mass is 10.1. The molecule has 2 N–H and O–H groups in total. The van der Waals surface area contributed by atoms with Gasteiger partial charge in [0.2, 0.25) is 0 Å². The molecule has 1 aromatic carbocycles. The molecular weight excluding hydrogens is 187 g/mol. The number of ether oxygens (including phenoxy) is 1. The SMILES string of the molecule is CCOc1cc(C(O)CF)ccc1O. The molecule has 78 valence electrons. The summed E-state index contributed by atoms with van der Waals surface area (Å²) in [7, 11) is 0. The second-order valence-corrected chi connectivity index (χ2v) is 2.83. The van der Waals surface area contributed by atoms with E-state index in [0.717, 1.165) is 0 Å². The van der Waals surface area contributed by atoms with Crippen LogP contribution in [0.2, 0.25) is 0 Å². The van der Waals surface area contributed by atoms with Crippen LogP contribution >= 0.6 is 0 Å². The molecule has 1 atom stereocenters. The minimum Gasteiger partial charge on any atom is -0.504 e. The van der Waals surface area contributed by atoms with E-state index in [0.29, 0.717) is 12.2 Å². The van der Waals surface area contributed by atoms with Crippen LogP contribution in [0.3, 0.4) is 0 Å². The van der Waals surface area contributed by atoms with Gasteiger partial charge in [-0.15, -0.1) is 0 Å². The Kier molecular flexibility index (Phi) is 3.71. The minimum atomic E-state index is -1.16. The minimum absolute atomic E-state index is 0.0124. The first kappa shape index (κ1) is 10.8. The van der Waals surface area contributed by atoms with Gasteiger partial charge in [0.1, 0.15) is 12.8 Å². The van der Waals surface area contributed by atoms with Crippen LogP contribution in [0.4, 0.5) is 4.39 Å². The molecule has 14 heavy (non-hydrogen) atoms. The van der Waals surface area contributed by atoms with Gasteiger partial charge in [-0.25, -0.2) is 4.39 Å². The van der Waals surface area contributed by atoms with E-state index in [-0.39, 0.29) is 11.5 Å². The second-order valence-electron chi connectivity index (χ2n) is 2.83. The fourth-order valence-electron chi connectivity index (χ4n) is 1.10. The summed E-state index contributed by atoms with van der Waals surface area (Å²) in [5, 5.41) is 18.5. The van der Waals surface area contributed by atoms with E-state index in [1.165, 1.54) is 18.2 Å². The summed E-state index contributed by atoms with van der Waals surface area (Å²) in [6.45, 7) is 1.33. The summed E-state index contributed by atoms with van der Waals surface area (Å²) in [6, 6.07) is 4.27. The van der Waals surface area contributed by atoms with Gasteiger partial charge >= 0.3 is 0 Å². The van der Waals surface area contributed by atoms with Crippen molar-refractivity contribution in [1.29, 1.82) is 0 Å². The lowest BCUT2D eigenvalue weighted by molar-refractivity contribution is 0.141. The number of aliphatic hydroxyl groups excluding tert-OH is 1. The van der Waals surface area contributed by atoms with E-state index >= 15 is 0 Å². The molecule has 0 heterocycles. The van der Waals surface area contributed by atoms with Crippen LogP contribution in [0, 0.1) is 0 Å². The van der Waals surface area contributed by atoms with Gasteiger partial charge in [-0.05, 0) is 24.6 Å². The Labute approximate surface area is 81.8 Å². The Balaban J connectivity index is 2.93. The Morgan fingerprint density at radius 2 is 2.21 bits per heavy atom. The summed E-state index contributed by atoms with van der Waals surface area (Å²) < 4.78 is 17.2. The number of alkyl halides is 1. The molecule has 0 aromatic heterocycles. The van der Waals surface area contributed by atoms with Gasteiger partial charge in [0.15, 0.2) is 11.5 Å². The van der Waals surface area contributed by atoms with E-state index in [1.807, 2.05) is 0 Å². The van der Waals surface area contributed by atoms with Crippen molar-refractivity contribution in [2.24, 2.45) is 0 Å². The zero-order chi connectivity index (χ0) is 10.6. The molecule has 0 fully saturated rings. The van der Waals surface area contributed by atoms with Crippen molar-refractivity contribution in [3.8, 4) is 11.5 Å². The van der Waals surface area contributed by atoms with Crippen molar-refractivity contribution in [3.63, 3.8) is 0 Å². The van der Waals surface area contributed by atoms with Gasteiger partial charge in [-0.1, -0.05) is 6.07 Å². The number of phenolic OH excluding ortho intramolecular Hbond substituents is 1.